The lowest BCUT2D eigenvalue weighted by molar-refractivity contribution is 0.0299. The molecule has 16 heavy (non-hydrogen) atoms. The fourth-order valence-electron chi connectivity index (χ4n) is 2.43. The van der Waals surface area contributed by atoms with Crippen molar-refractivity contribution < 1.29 is 4.74 Å². The molecule has 2 aliphatic rings. The third-order valence-electron chi connectivity index (χ3n) is 3.23. The van der Waals surface area contributed by atoms with Crippen molar-refractivity contribution in [1.29, 1.82) is 0 Å². The van der Waals surface area contributed by atoms with Gasteiger partial charge in [0.1, 0.15) is 0 Å². The van der Waals surface area contributed by atoms with Gasteiger partial charge < -0.3 is 10.1 Å². The average molecular weight is 325 g/mol. The molecule has 1 saturated heterocycles. The van der Waals surface area contributed by atoms with Gasteiger partial charge >= 0.3 is 0 Å². The molecule has 0 aliphatic carbocycles. The first-order chi connectivity index (χ1) is 7.27. The van der Waals surface area contributed by atoms with Gasteiger partial charge in [-0.25, -0.2) is 0 Å². The van der Waals surface area contributed by atoms with Crippen LogP contribution in [0.4, 0.5) is 0 Å². The van der Waals surface area contributed by atoms with Crippen LogP contribution in [0.15, 0.2) is 16.6 Å². The molecular weight excluding hydrogens is 313 g/mol. The van der Waals surface area contributed by atoms with Crippen molar-refractivity contribution >= 4 is 39.9 Å². The molecule has 2 aliphatic heterocycles. The lowest BCUT2D eigenvalue weighted by Crippen LogP contribution is -2.27. The number of ether oxygens (including phenoxy) is 1. The summed E-state index contributed by atoms with van der Waals surface area (Å²) < 4.78 is 6.75. The van der Waals surface area contributed by atoms with Crippen LogP contribution >= 0.6 is 39.9 Å². The van der Waals surface area contributed by atoms with Crippen LogP contribution in [0.5, 0.6) is 0 Å². The molecule has 1 aromatic carbocycles. The first-order valence-electron chi connectivity index (χ1n) is 5.06. The minimum Gasteiger partial charge on any atom is -0.371 e. The quantitative estimate of drug-likeness (QED) is 0.791. The monoisotopic (exact) mass is 323 g/mol. The van der Waals surface area contributed by atoms with Crippen LogP contribution in [-0.4, -0.2) is 19.2 Å². The summed E-state index contributed by atoms with van der Waals surface area (Å²) in [7, 11) is 0. The summed E-state index contributed by atoms with van der Waals surface area (Å²) in [4.78, 5) is 0. The molecule has 0 bridgehead atoms. The largest absolute Gasteiger partial charge is 0.371 e. The van der Waals surface area contributed by atoms with E-state index in [1.165, 1.54) is 5.56 Å². The van der Waals surface area contributed by atoms with Gasteiger partial charge in [-0.3, -0.25) is 0 Å². The Morgan fingerprint density at radius 1 is 1.38 bits per heavy atom. The predicted molar refractivity (Wildman–Crippen MR) is 70.6 cm³/mol. The molecule has 0 saturated carbocycles. The standard InChI is InChI=1S/C11H11BrClNO.ClH/c12-9-2-1-6-7-3-14-4-10(7)15-5-8(6)11(9)13;/h1-2,7,10,14H,3-5H2;1H. The van der Waals surface area contributed by atoms with Crippen molar-refractivity contribution in [2.75, 3.05) is 13.1 Å². The molecule has 3 rings (SSSR count). The Labute approximate surface area is 114 Å². The van der Waals surface area contributed by atoms with Crippen molar-refractivity contribution in [1.82, 2.24) is 5.32 Å². The summed E-state index contributed by atoms with van der Waals surface area (Å²) >= 11 is 9.70. The molecule has 5 heteroatoms. The molecule has 2 atom stereocenters. The zero-order valence-electron chi connectivity index (χ0n) is 8.50. The van der Waals surface area contributed by atoms with Gasteiger partial charge in [0.2, 0.25) is 0 Å². The number of nitrogens with one attached hydrogen (secondary N) is 1. The van der Waals surface area contributed by atoms with E-state index in [0.717, 1.165) is 28.1 Å². The van der Waals surface area contributed by atoms with Crippen molar-refractivity contribution in [3.05, 3.63) is 32.8 Å². The Kier molecular flexibility index (Phi) is 3.82. The zero-order chi connectivity index (χ0) is 10.4. The second-order valence-corrected chi connectivity index (χ2v) is 5.28. The Hall–Kier alpha value is 0.200. The van der Waals surface area contributed by atoms with Gasteiger partial charge in [-0.2, -0.15) is 0 Å². The Morgan fingerprint density at radius 3 is 3.00 bits per heavy atom. The third-order valence-corrected chi connectivity index (χ3v) is 4.55. The highest BCUT2D eigenvalue weighted by Gasteiger charge is 2.35. The van der Waals surface area contributed by atoms with E-state index in [1.807, 2.05) is 6.07 Å². The van der Waals surface area contributed by atoms with Gasteiger partial charge in [0.25, 0.3) is 0 Å². The van der Waals surface area contributed by atoms with Gasteiger partial charge in [0, 0.05) is 29.0 Å². The molecule has 88 valence electrons. The fourth-order valence-corrected chi connectivity index (χ4v) is 3.03. The number of hydrogen-bond acceptors (Lipinski definition) is 2. The molecule has 2 unspecified atom stereocenters. The summed E-state index contributed by atoms with van der Waals surface area (Å²) in [5.74, 6) is 0.472. The Balaban J connectivity index is 0.000000963. The van der Waals surface area contributed by atoms with Crippen LogP contribution in [0.2, 0.25) is 5.02 Å². The van der Waals surface area contributed by atoms with Crippen LogP contribution < -0.4 is 5.32 Å². The number of rotatable bonds is 0. The maximum absolute atomic E-state index is 6.25. The minimum atomic E-state index is 0. The topological polar surface area (TPSA) is 21.3 Å². The molecule has 1 aromatic rings. The molecule has 0 spiro atoms. The molecule has 2 heterocycles. The minimum absolute atomic E-state index is 0. The predicted octanol–water partition coefficient (Wildman–Crippen LogP) is 3.11. The molecule has 0 aromatic heterocycles. The van der Waals surface area contributed by atoms with Crippen molar-refractivity contribution in [2.24, 2.45) is 0 Å². The Morgan fingerprint density at radius 2 is 2.19 bits per heavy atom. The molecule has 0 radical (unpaired) electrons. The normalized spacial score (nSPS) is 26.9. The van der Waals surface area contributed by atoms with Crippen LogP contribution in [0, 0.1) is 0 Å². The highest BCUT2D eigenvalue weighted by Crippen LogP contribution is 2.39. The Bertz CT molecular complexity index is 413. The third kappa shape index (κ3) is 1.89. The highest BCUT2D eigenvalue weighted by atomic mass is 79.9. The SMILES string of the molecule is Cl.Clc1c(Br)ccc2c1COC1CNCC21. The molecule has 0 amide bonds. The van der Waals surface area contributed by atoms with Crippen molar-refractivity contribution in [2.45, 2.75) is 18.6 Å². The maximum Gasteiger partial charge on any atom is 0.0784 e. The number of halogens is 3. The summed E-state index contributed by atoms with van der Waals surface area (Å²) in [6.07, 6.45) is 0.328. The smallest absolute Gasteiger partial charge is 0.0784 e. The lowest BCUT2D eigenvalue weighted by Gasteiger charge is -2.28. The number of benzene rings is 1. The second kappa shape index (κ2) is 4.83. The molecule has 2 nitrogen and oxygen atoms in total. The van der Waals surface area contributed by atoms with E-state index in [2.05, 4.69) is 27.3 Å². The van der Waals surface area contributed by atoms with Crippen molar-refractivity contribution in [3.8, 4) is 0 Å². The molecular formula is C11H12BrCl2NO. The van der Waals surface area contributed by atoms with E-state index in [0.29, 0.717) is 18.6 Å². The van der Waals surface area contributed by atoms with Gasteiger partial charge in [0.15, 0.2) is 0 Å². The van der Waals surface area contributed by atoms with Crippen LogP contribution in [-0.2, 0) is 11.3 Å². The molecule has 1 fully saturated rings. The summed E-state index contributed by atoms with van der Waals surface area (Å²) in [5.41, 5.74) is 2.50. The van der Waals surface area contributed by atoms with Gasteiger partial charge in [-0.1, -0.05) is 17.7 Å². The van der Waals surface area contributed by atoms with E-state index >= 15 is 0 Å². The summed E-state index contributed by atoms with van der Waals surface area (Å²) in [6.45, 7) is 2.59. The second-order valence-electron chi connectivity index (χ2n) is 4.04. The van der Waals surface area contributed by atoms with Crippen molar-refractivity contribution in [3.63, 3.8) is 0 Å². The highest BCUT2D eigenvalue weighted by molar-refractivity contribution is 9.10. The van der Waals surface area contributed by atoms with Gasteiger partial charge in [0.05, 0.1) is 17.7 Å². The van der Waals surface area contributed by atoms with Crippen LogP contribution in [0.1, 0.15) is 17.0 Å². The van der Waals surface area contributed by atoms with Crippen LogP contribution in [0.3, 0.4) is 0 Å². The fraction of sp³-hybridized carbons (Fsp3) is 0.455. The van der Waals surface area contributed by atoms with Crippen LogP contribution in [0.25, 0.3) is 0 Å². The van der Waals surface area contributed by atoms with Gasteiger partial charge in [-0.15, -0.1) is 12.4 Å². The van der Waals surface area contributed by atoms with Gasteiger partial charge in [-0.05, 0) is 27.6 Å². The van der Waals surface area contributed by atoms with E-state index in [4.69, 9.17) is 16.3 Å². The zero-order valence-corrected chi connectivity index (χ0v) is 11.7. The summed E-state index contributed by atoms with van der Waals surface area (Å²) in [5, 5.41) is 4.16. The number of fused-ring (bicyclic) bond motifs is 3. The van der Waals surface area contributed by atoms with E-state index in [-0.39, 0.29) is 12.4 Å². The maximum atomic E-state index is 6.25. The molecule has 1 N–H and O–H groups in total. The van der Waals surface area contributed by atoms with E-state index in [9.17, 15) is 0 Å². The average Bonchev–Trinajstić information content (AvgIpc) is 2.71. The first-order valence-corrected chi connectivity index (χ1v) is 6.23. The first kappa shape index (κ1) is 12.7. The summed E-state index contributed by atoms with van der Waals surface area (Å²) in [6, 6.07) is 4.19. The van der Waals surface area contributed by atoms with E-state index < -0.39 is 0 Å². The number of hydrogen-bond donors (Lipinski definition) is 1. The lowest BCUT2D eigenvalue weighted by atomic mass is 9.90. The van der Waals surface area contributed by atoms with E-state index in [1.54, 1.807) is 0 Å².